The van der Waals surface area contributed by atoms with E-state index in [2.05, 4.69) is 31.2 Å². The fourth-order valence-electron chi connectivity index (χ4n) is 3.32. The first-order chi connectivity index (χ1) is 7.07. The molecule has 0 aromatic heterocycles. The van der Waals surface area contributed by atoms with Gasteiger partial charge in [0.05, 0.1) is 0 Å². The normalized spacial score (nSPS) is 37.0. The molecule has 15 heavy (non-hydrogen) atoms. The van der Waals surface area contributed by atoms with Gasteiger partial charge in [0.1, 0.15) is 0 Å². The summed E-state index contributed by atoms with van der Waals surface area (Å²) in [5, 5.41) is 2.46. The minimum atomic E-state index is 0.548. The van der Waals surface area contributed by atoms with E-state index in [0.29, 0.717) is 5.41 Å². The average Bonchev–Trinajstić information content (AvgIpc) is 2.41. The van der Waals surface area contributed by atoms with Gasteiger partial charge in [-0.2, -0.15) is 0 Å². The molecule has 1 N–H and O–H groups in total. The standard InChI is InChI=1S/C13H26N2/c1-11-9-13(2,3)10-12(11)14-15-7-5-4-6-8-15/h11-12,14H,4-10H2,1-3H3. The molecule has 2 heteroatoms. The number of rotatable bonds is 2. The van der Waals surface area contributed by atoms with Gasteiger partial charge in [-0.15, -0.1) is 0 Å². The highest BCUT2D eigenvalue weighted by Crippen LogP contribution is 2.40. The van der Waals surface area contributed by atoms with Crippen molar-refractivity contribution in [3.05, 3.63) is 0 Å². The lowest BCUT2D eigenvalue weighted by molar-refractivity contribution is 0.116. The molecule has 1 aliphatic heterocycles. The van der Waals surface area contributed by atoms with Gasteiger partial charge in [-0.1, -0.05) is 27.2 Å². The fraction of sp³-hybridized carbons (Fsp3) is 1.00. The lowest BCUT2D eigenvalue weighted by Crippen LogP contribution is -2.48. The van der Waals surface area contributed by atoms with E-state index in [9.17, 15) is 0 Å². The third kappa shape index (κ3) is 2.94. The van der Waals surface area contributed by atoms with Crippen LogP contribution in [0.1, 0.15) is 52.9 Å². The van der Waals surface area contributed by atoms with Gasteiger partial charge < -0.3 is 0 Å². The van der Waals surface area contributed by atoms with Crippen molar-refractivity contribution in [3.8, 4) is 0 Å². The van der Waals surface area contributed by atoms with Crippen LogP contribution in [0.4, 0.5) is 0 Å². The molecule has 2 atom stereocenters. The minimum Gasteiger partial charge on any atom is -0.252 e. The van der Waals surface area contributed by atoms with Crippen LogP contribution in [0.15, 0.2) is 0 Å². The maximum Gasteiger partial charge on any atom is 0.0246 e. The molecule has 0 radical (unpaired) electrons. The fourth-order valence-corrected chi connectivity index (χ4v) is 3.32. The SMILES string of the molecule is CC1CC(C)(C)CC1NN1CCCCC1. The zero-order chi connectivity index (χ0) is 10.9. The number of hydrazine groups is 1. The van der Waals surface area contributed by atoms with E-state index in [0.717, 1.165) is 12.0 Å². The molecule has 2 nitrogen and oxygen atoms in total. The largest absolute Gasteiger partial charge is 0.252 e. The molecule has 0 aromatic rings. The van der Waals surface area contributed by atoms with Crippen LogP contribution in [0.5, 0.6) is 0 Å². The topological polar surface area (TPSA) is 15.3 Å². The van der Waals surface area contributed by atoms with Crippen molar-refractivity contribution in [3.63, 3.8) is 0 Å². The second kappa shape index (κ2) is 4.42. The number of hydrogen-bond acceptors (Lipinski definition) is 2. The van der Waals surface area contributed by atoms with Crippen LogP contribution in [0, 0.1) is 11.3 Å². The van der Waals surface area contributed by atoms with Gasteiger partial charge in [0, 0.05) is 19.1 Å². The summed E-state index contributed by atoms with van der Waals surface area (Å²) in [6.45, 7) is 9.71. The van der Waals surface area contributed by atoms with Crippen LogP contribution in [-0.4, -0.2) is 24.1 Å². The van der Waals surface area contributed by atoms with Crippen LogP contribution >= 0.6 is 0 Å². The van der Waals surface area contributed by atoms with E-state index >= 15 is 0 Å². The van der Waals surface area contributed by atoms with Gasteiger partial charge in [0.2, 0.25) is 0 Å². The molecule has 0 aromatic carbocycles. The maximum absolute atomic E-state index is 3.76. The smallest absolute Gasteiger partial charge is 0.0246 e. The Bertz CT molecular complexity index is 207. The van der Waals surface area contributed by atoms with Crippen LogP contribution in [-0.2, 0) is 0 Å². The van der Waals surface area contributed by atoms with E-state index in [4.69, 9.17) is 0 Å². The molecule has 1 saturated heterocycles. The Morgan fingerprint density at radius 3 is 2.27 bits per heavy atom. The Kier molecular flexibility index (Phi) is 3.36. The lowest BCUT2D eigenvalue weighted by Gasteiger charge is -2.32. The average molecular weight is 210 g/mol. The zero-order valence-electron chi connectivity index (χ0n) is 10.6. The van der Waals surface area contributed by atoms with Crippen molar-refractivity contribution < 1.29 is 0 Å². The first kappa shape index (κ1) is 11.4. The van der Waals surface area contributed by atoms with E-state index in [1.54, 1.807) is 0 Å². The van der Waals surface area contributed by atoms with Gasteiger partial charge in [-0.25, -0.2) is 5.01 Å². The van der Waals surface area contributed by atoms with Crippen molar-refractivity contribution in [1.29, 1.82) is 0 Å². The van der Waals surface area contributed by atoms with Gasteiger partial charge in [0.25, 0.3) is 0 Å². The summed E-state index contributed by atoms with van der Waals surface area (Å²) in [5.41, 5.74) is 4.30. The maximum atomic E-state index is 3.76. The Morgan fingerprint density at radius 1 is 1.07 bits per heavy atom. The molecule has 1 aliphatic carbocycles. The first-order valence-corrected chi connectivity index (χ1v) is 6.58. The third-order valence-corrected chi connectivity index (χ3v) is 4.04. The second-order valence-electron chi connectivity index (χ2n) is 6.33. The molecular weight excluding hydrogens is 184 g/mol. The third-order valence-electron chi connectivity index (χ3n) is 4.04. The molecule has 1 saturated carbocycles. The summed E-state index contributed by atoms with van der Waals surface area (Å²) in [6.07, 6.45) is 6.88. The van der Waals surface area contributed by atoms with Gasteiger partial charge in [0.15, 0.2) is 0 Å². The summed E-state index contributed by atoms with van der Waals surface area (Å²) < 4.78 is 0. The summed E-state index contributed by atoms with van der Waals surface area (Å²) in [4.78, 5) is 0. The Balaban J connectivity index is 1.83. The van der Waals surface area contributed by atoms with Crippen LogP contribution < -0.4 is 5.43 Å². The highest BCUT2D eigenvalue weighted by molar-refractivity contribution is 4.90. The quantitative estimate of drug-likeness (QED) is 0.754. The zero-order valence-corrected chi connectivity index (χ0v) is 10.6. The Labute approximate surface area is 94.4 Å². The number of piperidine rings is 1. The van der Waals surface area contributed by atoms with Crippen LogP contribution in [0.3, 0.4) is 0 Å². The predicted molar refractivity (Wildman–Crippen MR) is 64.5 cm³/mol. The summed E-state index contributed by atoms with van der Waals surface area (Å²) >= 11 is 0. The van der Waals surface area contributed by atoms with Crippen molar-refractivity contribution in [2.45, 2.75) is 58.9 Å². The monoisotopic (exact) mass is 210 g/mol. The molecule has 2 fully saturated rings. The van der Waals surface area contributed by atoms with Gasteiger partial charge in [-0.05, 0) is 37.0 Å². The predicted octanol–water partition coefficient (Wildman–Crippen LogP) is 2.80. The molecule has 1 heterocycles. The van der Waals surface area contributed by atoms with Crippen molar-refractivity contribution in [2.75, 3.05) is 13.1 Å². The highest BCUT2D eigenvalue weighted by Gasteiger charge is 2.37. The molecule has 0 spiro atoms. The summed E-state index contributed by atoms with van der Waals surface area (Å²) in [7, 11) is 0. The molecule has 0 bridgehead atoms. The Morgan fingerprint density at radius 2 is 1.73 bits per heavy atom. The molecule has 2 aliphatic rings. The van der Waals surface area contributed by atoms with E-state index < -0.39 is 0 Å². The lowest BCUT2D eigenvalue weighted by atomic mass is 9.91. The van der Waals surface area contributed by atoms with Crippen molar-refractivity contribution in [1.82, 2.24) is 10.4 Å². The molecule has 2 unspecified atom stereocenters. The van der Waals surface area contributed by atoms with Gasteiger partial charge in [-0.3, -0.25) is 5.43 Å². The number of nitrogens with zero attached hydrogens (tertiary/aromatic N) is 1. The highest BCUT2D eigenvalue weighted by atomic mass is 15.5. The van der Waals surface area contributed by atoms with Crippen molar-refractivity contribution >= 4 is 0 Å². The second-order valence-corrected chi connectivity index (χ2v) is 6.33. The van der Waals surface area contributed by atoms with Crippen molar-refractivity contribution in [2.24, 2.45) is 11.3 Å². The summed E-state index contributed by atoms with van der Waals surface area (Å²) in [6, 6.07) is 0.720. The van der Waals surface area contributed by atoms with Crippen LogP contribution in [0.2, 0.25) is 0 Å². The minimum absolute atomic E-state index is 0.548. The van der Waals surface area contributed by atoms with E-state index in [1.807, 2.05) is 0 Å². The molecule has 88 valence electrons. The van der Waals surface area contributed by atoms with E-state index in [1.165, 1.54) is 45.2 Å². The Hall–Kier alpha value is -0.0800. The van der Waals surface area contributed by atoms with Crippen LogP contribution in [0.25, 0.3) is 0 Å². The molecule has 0 amide bonds. The summed E-state index contributed by atoms with van der Waals surface area (Å²) in [5.74, 6) is 0.835. The molecular formula is C13H26N2. The van der Waals surface area contributed by atoms with E-state index in [-0.39, 0.29) is 0 Å². The first-order valence-electron chi connectivity index (χ1n) is 6.58. The molecule has 2 rings (SSSR count). The van der Waals surface area contributed by atoms with Gasteiger partial charge >= 0.3 is 0 Å². The number of hydrogen-bond donors (Lipinski definition) is 1. The number of nitrogens with one attached hydrogen (secondary N) is 1.